The molecule has 0 radical (unpaired) electrons. The highest BCUT2D eigenvalue weighted by atomic mass is 35.5. The van der Waals surface area contributed by atoms with E-state index in [0.717, 1.165) is 0 Å². The Balaban J connectivity index is 1.90. The predicted octanol–water partition coefficient (Wildman–Crippen LogP) is 2.64. The molecule has 1 unspecified atom stereocenters. The Morgan fingerprint density at radius 2 is 1.95 bits per heavy atom. The van der Waals surface area contributed by atoms with Crippen molar-refractivity contribution < 1.29 is 4.74 Å². The van der Waals surface area contributed by atoms with Crippen LogP contribution < -0.4 is 15.8 Å². The Morgan fingerprint density at radius 1 is 1.25 bits per heavy atom. The van der Waals surface area contributed by atoms with Gasteiger partial charge in [-0.3, -0.25) is 0 Å². The summed E-state index contributed by atoms with van der Waals surface area (Å²) in [7, 11) is 0. The van der Waals surface area contributed by atoms with E-state index in [1.165, 1.54) is 6.33 Å². The molecule has 20 heavy (non-hydrogen) atoms. The monoisotopic (exact) mass is 313 g/mol. The summed E-state index contributed by atoms with van der Waals surface area (Å²) in [6.45, 7) is 2.31. The standard InChI is InChI=1S/C12H13Cl2N5O/c1-7(18-12-17-6-16-11(15)19-12)5-20-10-3-8(13)2-9(14)4-10/h2-4,6-7H,5H2,1H3,(H3,15,16,17,18,19). The van der Waals surface area contributed by atoms with Crippen molar-refractivity contribution in [3.63, 3.8) is 0 Å². The van der Waals surface area contributed by atoms with Crippen molar-refractivity contribution >= 4 is 35.1 Å². The van der Waals surface area contributed by atoms with Gasteiger partial charge in [-0.05, 0) is 25.1 Å². The van der Waals surface area contributed by atoms with E-state index >= 15 is 0 Å². The molecule has 0 fully saturated rings. The Morgan fingerprint density at radius 3 is 2.60 bits per heavy atom. The van der Waals surface area contributed by atoms with E-state index in [-0.39, 0.29) is 12.0 Å². The molecule has 0 aliphatic heterocycles. The van der Waals surface area contributed by atoms with Crippen molar-refractivity contribution in [1.82, 2.24) is 15.0 Å². The summed E-state index contributed by atoms with van der Waals surface area (Å²) < 4.78 is 5.60. The second-order valence-electron chi connectivity index (χ2n) is 4.13. The zero-order valence-electron chi connectivity index (χ0n) is 10.7. The third-order valence-corrected chi connectivity index (χ3v) is 2.74. The second kappa shape index (κ2) is 6.58. The first-order valence-corrected chi connectivity index (χ1v) is 6.58. The maximum atomic E-state index is 5.89. The van der Waals surface area contributed by atoms with Crippen LogP contribution in [0, 0.1) is 0 Å². The van der Waals surface area contributed by atoms with Crippen LogP contribution in [-0.4, -0.2) is 27.6 Å². The minimum absolute atomic E-state index is 0.0328. The number of halogens is 2. The van der Waals surface area contributed by atoms with Crippen molar-refractivity contribution in [3.8, 4) is 5.75 Å². The summed E-state index contributed by atoms with van der Waals surface area (Å²) in [5.74, 6) is 1.17. The number of ether oxygens (including phenoxy) is 1. The van der Waals surface area contributed by atoms with Gasteiger partial charge in [0.1, 0.15) is 18.7 Å². The fourth-order valence-corrected chi connectivity index (χ4v) is 1.98. The molecule has 1 atom stereocenters. The Kier molecular flexibility index (Phi) is 4.81. The van der Waals surface area contributed by atoms with Crippen LogP contribution in [-0.2, 0) is 0 Å². The summed E-state index contributed by atoms with van der Waals surface area (Å²) in [5.41, 5.74) is 5.47. The van der Waals surface area contributed by atoms with E-state index < -0.39 is 0 Å². The van der Waals surface area contributed by atoms with E-state index in [1.54, 1.807) is 18.2 Å². The number of nitrogens with zero attached hydrogens (tertiary/aromatic N) is 3. The molecule has 8 heteroatoms. The smallest absolute Gasteiger partial charge is 0.227 e. The van der Waals surface area contributed by atoms with Crippen molar-refractivity contribution in [1.29, 1.82) is 0 Å². The summed E-state index contributed by atoms with van der Waals surface area (Å²) in [4.78, 5) is 11.6. The number of nitrogen functional groups attached to an aromatic ring is 1. The molecular weight excluding hydrogens is 301 g/mol. The molecule has 3 N–H and O–H groups in total. The second-order valence-corrected chi connectivity index (χ2v) is 5.00. The summed E-state index contributed by atoms with van der Waals surface area (Å²) in [6.07, 6.45) is 1.34. The van der Waals surface area contributed by atoms with Gasteiger partial charge in [0.2, 0.25) is 11.9 Å². The van der Waals surface area contributed by atoms with Gasteiger partial charge in [-0.15, -0.1) is 0 Å². The van der Waals surface area contributed by atoms with Gasteiger partial charge in [-0.25, -0.2) is 9.97 Å². The maximum absolute atomic E-state index is 5.89. The minimum atomic E-state index is -0.0328. The molecular formula is C12H13Cl2N5O. The van der Waals surface area contributed by atoms with E-state index in [9.17, 15) is 0 Å². The van der Waals surface area contributed by atoms with Gasteiger partial charge < -0.3 is 15.8 Å². The van der Waals surface area contributed by atoms with Crippen molar-refractivity contribution in [2.75, 3.05) is 17.7 Å². The Bertz CT molecular complexity index is 576. The molecule has 0 saturated heterocycles. The largest absolute Gasteiger partial charge is 0.491 e. The zero-order valence-corrected chi connectivity index (χ0v) is 12.2. The molecule has 1 aromatic carbocycles. The van der Waals surface area contributed by atoms with Gasteiger partial charge in [0, 0.05) is 10.0 Å². The molecule has 2 rings (SSSR count). The number of nitrogens with one attached hydrogen (secondary N) is 1. The number of hydrogen-bond donors (Lipinski definition) is 2. The van der Waals surface area contributed by atoms with Crippen molar-refractivity contribution in [3.05, 3.63) is 34.6 Å². The van der Waals surface area contributed by atoms with E-state index in [0.29, 0.717) is 28.3 Å². The fourth-order valence-electron chi connectivity index (χ4n) is 1.47. The normalized spacial score (nSPS) is 11.9. The summed E-state index contributed by atoms with van der Waals surface area (Å²) in [5, 5.41) is 4.10. The molecule has 1 heterocycles. The van der Waals surface area contributed by atoms with Crippen LogP contribution >= 0.6 is 23.2 Å². The van der Waals surface area contributed by atoms with Crippen molar-refractivity contribution in [2.45, 2.75) is 13.0 Å². The third kappa shape index (κ3) is 4.40. The lowest BCUT2D eigenvalue weighted by Crippen LogP contribution is -2.24. The van der Waals surface area contributed by atoms with Crippen LogP contribution in [0.3, 0.4) is 0 Å². The van der Waals surface area contributed by atoms with E-state index in [4.69, 9.17) is 33.7 Å². The lowest BCUT2D eigenvalue weighted by Gasteiger charge is -2.15. The van der Waals surface area contributed by atoms with Gasteiger partial charge in [-0.2, -0.15) is 4.98 Å². The number of anilines is 2. The van der Waals surface area contributed by atoms with Crippen LogP contribution in [0.2, 0.25) is 10.0 Å². The molecule has 1 aromatic heterocycles. The highest BCUT2D eigenvalue weighted by molar-refractivity contribution is 6.34. The first kappa shape index (κ1) is 14.6. The van der Waals surface area contributed by atoms with Crippen LogP contribution in [0.25, 0.3) is 0 Å². The average Bonchev–Trinajstić information content (AvgIpc) is 2.35. The van der Waals surface area contributed by atoms with Crippen LogP contribution in [0.15, 0.2) is 24.5 Å². The summed E-state index contributed by atoms with van der Waals surface area (Å²) >= 11 is 11.8. The highest BCUT2D eigenvalue weighted by Gasteiger charge is 2.07. The molecule has 0 bridgehead atoms. The lowest BCUT2D eigenvalue weighted by molar-refractivity contribution is 0.303. The lowest BCUT2D eigenvalue weighted by atomic mass is 10.3. The SMILES string of the molecule is CC(COc1cc(Cl)cc(Cl)c1)Nc1ncnc(N)n1. The molecule has 2 aromatic rings. The number of hydrogen-bond acceptors (Lipinski definition) is 6. The average molecular weight is 314 g/mol. The number of nitrogens with two attached hydrogens (primary N) is 1. The predicted molar refractivity (Wildman–Crippen MR) is 79.3 cm³/mol. The van der Waals surface area contributed by atoms with Gasteiger partial charge >= 0.3 is 0 Å². The van der Waals surface area contributed by atoms with Crippen molar-refractivity contribution in [2.24, 2.45) is 0 Å². The molecule has 0 spiro atoms. The molecule has 0 aliphatic rings. The number of rotatable bonds is 5. The topological polar surface area (TPSA) is 86.0 Å². The van der Waals surface area contributed by atoms with E-state index in [2.05, 4.69) is 20.3 Å². The zero-order chi connectivity index (χ0) is 14.5. The van der Waals surface area contributed by atoms with E-state index in [1.807, 2.05) is 6.92 Å². The Labute approximate surface area is 126 Å². The molecule has 0 saturated carbocycles. The fraction of sp³-hybridized carbons (Fsp3) is 0.250. The molecule has 0 aliphatic carbocycles. The van der Waals surface area contributed by atoms with Gasteiger partial charge in [0.25, 0.3) is 0 Å². The molecule has 6 nitrogen and oxygen atoms in total. The number of benzene rings is 1. The minimum Gasteiger partial charge on any atom is -0.491 e. The quantitative estimate of drug-likeness (QED) is 0.882. The molecule has 0 amide bonds. The van der Waals surface area contributed by atoms with Gasteiger partial charge in [0.15, 0.2) is 0 Å². The van der Waals surface area contributed by atoms with Crippen LogP contribution in [0.1, 0.15) is 6.92 Å². The molecule has 106 valence electrons. The van der Waals surface area contributed by atoms with Gasteiger partial charge in [0.05, 0.1) is 6.04 Å². The Hall–Kier alpha value is -1.79. The summed E-state index contributed by atoms with van der Waals surface area (Å²) in [6, 6.07) is 5.00. The van der Waals surface area contributed by atoms with Gasteiger partial charge in [-0.1, -0.05) is 23.2 Å². The first-order valence-electron chi connectivity index (χ1n) is 5.83. The maximum Gasteiger partial charge on any atom is 0.227 e. The number of aromatic nitrogens is 3. The highest BCUT2D eigenvalue weighted by Crippen LogP contribution is 2.24. The third-order valence-electron chi connectivity index (χ3n) is 2.30. The van der Waals surface area contributed by atoms with Crippen LogP contribution in [0.5, 0.6) is 5.75 Å². The first-order chi connectivity index (χ1) is 9.52. The van der Waals surface area contributed by atoms with Crippen LogP contribution in [0.4, 0.5) is 11.9 Å².